The summed E-state index contributed by atoms with van der Waals surface area (Å²) in [5, 5.41) is 18.9. The van der Waals surface area contributed by atoms with Gasteiger partial charge in [0, 0.05) is 18.3 Å². The number of halogens is 12. The molecule has 0 aromatic carbocycles. The third-order valence-corrected chi connectivity index (χ3v) is 5.16. The number of rotatable bonds is 4. The summed E-state index contributed by atoms with van der Waals surface area (Å²) in [6.07, 6.45) is -34.4. The molecule has 1 aliphatic rings. The summed E-state index contributed by atoms with van der Waals surface area (Å²) in [5.41, 5.74) is -11.5. The summed E-state index contributed by atoms with van der Waals surface area (Å²) in [6, 6.07) is 0. The van der Waals surface area contributed by atoms with E-state index in [1.807, 2.05) is 0 Å². The Bertz CT molecular complexity index is 574. The molecule has 0 saturated heterocycles. The number of aliphatic hydroxyl groups is 2. The van der Waals surface area contributed by atoms with E-state index in [0.717, 1.165) is 6.92 Å². The lowest BCUT2D eigenvalue weighted by Crippen LogP contribution is -2.67. The van der Waals surface area contributed by atoms with Crippen molar-refractivity contribution in [3.8, 4) is 0 Å². The zero-order chi connectivity index (χ0) is 24.8. The molecule has 31 heavy (non-hydrogen) atoms. The van der Waals surface area contributed by atoms with Crippen LogP contribution in [0.25, 0.3) is 0 Å². The van der Waals surface area contributed by atoms with E-state index in [-0.39, 0.29) is 0 Å². The second-order valence-corrected chi connectivity index (χ2v) is 7.09. The van der Waals surface area contributed by atoms with Gasteiger partial charge in [-0.1, -0.05) is 6.92 Å². The van der Waals surface area contributed by atoms with Gasteiger partial charge in [-0.15, -0.1) is 0 Å². The molecule has 0 aliphatic heterocycles. The Morgan fingerprint density at radius 1 is 0.710 bits per heavy atom. The van der Waals surface area contributed by atoms with Crippen LogP contribution < -0.4 is 0 Å². The molecule has 0 aromatic heterocycles. The van der Waals surface area contributed by atoms with Gasteiger partial charge in [-0.2, -0.15) is 52.7 Å². The molecule has 16 heteroatoms. The number of hydrogen-bond acceptors (Lipinski definition) is 4. The summed E-state index contributed by atoms with van der Waals surface area (Å²) >= 11 is 0. The van der Waals surface area contributed by atoms with E-state index >= 15 is 0 Å². The molecule has 2 atom stereocenters. The molecule has 0 bridgehead atoms. The standard InChI is InChI=1S/C15H16F12O4/c1-2-9(28)31-8-4-6(10(29,12(16,17)18)13(19,20)21)3-7(5-8)11(30,14(22,23)24)15(25,26)27/h6-8,29-30H,2-5H2,1H3. The molecule has 1 aliphatic carbocycles. The number of carbonyl (C=O) groups excluding carboxylic acids is 1. The SMILES string of the molecule is CCC(=O)OC1CC(C(O)(C(F)(F)F)C(F)(F)F)CC(C(O)(C(F)(F)F)C(F)(F)F)C1. The Balaban J connectivity index is 3.64. The first kappa shape index (κ1) is 27.6. The van der Waals surface area contributed by atoms with E-state index in [4.69, 9.17) is 0 Å². The normalized spacial score (nSPS) is 24.8. The Labute approximate surface area is 166 Å². The molecule has 1 fully saturated rings. The first-order valence-electron chi connectivity index (χ1n) is 8.45. The van der Waals surface area contributed by atoms with E-state index in [0.29, 0.717) is 0 Å². The maximum absolute atomic E-state index is 13.1. The summed E-state index contributed by atoms with van der Waals surface area (Å²) in [7, 11) is 0. The Morgan fingerprint density at radius 3 is 1.23 bits per heavy atom. The fraction of sp³-hybridized carbons (Fsp3) is 0.933. The highest BCUT2D eigenvalue weighted by Gasteiger charge is 2.78. The summed E-state index contributed by atoms with van der Waals surface area (Å²) in [5.74, 6) is -8.04. The van der Waals surface area contributed by atoms with Crippen LogP contribution in [-0.2, 0) is 9.53 Å². The van der Waals surface area contributed by atoms with Gasteiger partial charge in [-0.05, 0) is 19.3 Å². The molecule has 4 nitrogen and oxygen atoms in total. The van der Waals surface area contributed by atoms with Crippen LogP contribution in [0.15, 0.2) is 0 Å². The summed E-state index contributed by atoms with van der Waals surface area (Å²) in [4.78, 5) is 11.3. The molecule has 0 spiro atoms. The average molecular weight is 488 g/mol. The highest BCUT2D eigenvalue weighted by Crippen LogP contribution is 2.57. The minimum Gasteiger partial charge on any atom is -0.462 e. The van der Waals surface area contributed by atoms with Crippen LogP contribution in [0, 0.1) is 11.8 Å². The van der Waals surface area contributed by atoms with E-state index < -0.39 is 85.5 Å². The van der Waals surface area contributed by atoms with Crippen molar-refractivity contribution in [2.75, 3.05) is 0 Å². The van der Waals surface area contributed by atoms with Crippen molar-refractivity contribution in [1.82, 2.24) is 0 Å². The van der Waals surface area contributed by atoms with Gasteiger partial charge in [0.25, 0.3) is 11.2 Å². The monoisotopic (exact) mass is 488 g/mol. The van der Waals surface area contributed by atoms with Gasteiger partial charge >= 0.3 is 30.7 Å². The molecule has 184 valence electrons. The lowest BCUT2D eigenvalue weighted by atomic mass is 9.65. The minimum absolute atomic E-state index is 0.558. The minimum atomic E-state index is -6.56. The van der Waals surface area contributed by atoms with Crippen LogP contribution in [0.2, 0.25) is 0 Å². The number of hydrogen-bond donors (Lipinski definition) is 2. The Morgan fingerprint density at radius 2 is 1.00 bits per heavy atom. The zero-order valence-electron chi connectivity index (χ0n) is 15.3. The topological polar surface area (TPSA) is 66.8 Å². The van der Waals surface area contributed by atoms with Crippen molar-refractivity contribution < 1.29 is 72.4 Å². The Kier molecular flexibility index (Phi) is 7.26. The molecule has 0 heterocycles. The zero-order valence-corrected chi connectivity index (χ0v) is 15.3. The number of carbonyl (C=O) groups is 1. The van der Waals surface area contributed by atoms with Gasteiger partial charge in [-0.25, -0.2) is 0 Å². The molecule has 1 saturated carbocycles. The predicted molar refractivity (Wildman–Crippen MR) is 75.1 cm³/mol. The molecule has 2 unspecified atom stereocenters. The molecule has 0 radical (unpaired) electrons. The fourth-order valence-electron chi connectivity index (χ4n) is 3.56. The first-order valence-corrected chi connectivity index (χ1v) is 8.45. The smallest absolute Gasteiger partial charge is 0.426 e. The van der Waals surface area contributed by atoms with Gasteiger partial charge in [0.05, 0.1) is 0 Å². The maximum atomic E-state index is 13.1. The average Bonchev–Trinajstić information content (AvgIpc) is 2.55. The van der Waals surface area contributed by atoms with E-state index in [9.17, 15) is 67.7 Å². The van der Waals surface area contributed by atoms with Crippen molar-refractivity contribution in [2.24, 2.45) is 11.8 Å². The Hall–Kier alpha value is -1.45. The van der Waals surface area contributed by atoms with E-state index in [1.54, 1.807) is 0 Å². The van der Waals surface area contributed by atoms with E-state index in [1.165, 1.54) is 0 Å². The van der Waals surface area contributed by atoms with E-state index in [2.05, 4.69) is 4.74 Å². The van der Waals surface area contributed by atoms with Crippen LogP contribution in [0.5, 0.6) is 0 Å². The van der Waals surface area contributed by atoms with Gasteiger partial charge in [0.2, 0.25) is 0 Å². The lowest BCUT2D eigenvalue weighted by Gasteiger charge is -2.48. The van der Waals surface area contributed by atoms with Crippen LogP contribution in [0.1, 0.15) is 32.6 Å². The number of ether oxygens (including phenoxy) is 1. The lowest BCUT2D eigenvalue weighted by molar-refractivity contribution is -0.405. The van der Waals surface area contributed by atoms with Crippen molar-refractivity contribution in [3.05, 3.63) is 0 Å². The maximum Gasteiger partial charge on any atom is 0.426 e. The highest BCUT2D eigenvalue weighted by atomic mass is 19.4. The number of alkyl halides is 12. The van der Waals surface area contributed by atoms with Gasteiger partial charge in [0.1, 0.15) is 6.10 Å². The molecule has 1 rings (SSSR count). The van der Waals surface area contributed by atoms with Crippen molar-refractivity contribution >= 4 is 5.97 Å². The quantitative estimate of drug-likeness (QED) is 0.454. The van der Waals surface area contributed by atoms with Crippen LogP contribution in [-0.4, -0.2) is 58.2 Å². The molecular weight excluding hydrogens is 472 g/mol. The van der Waals surface area contributed by atoms with Gasteiger partial charge < -0.3 is 14.9 Å². The molecular formula is C15H16F12O4. The summed E-state index contributed by atoms with van der Waals surface area (Å²) < 4.78 is 162. The molecule has 0 amide bonds. The first-order chi connectivity index (χ1) is 13.5. The second-order valence-electron chi connectivity index (χ2n) is 7.09. The van der Waals surface area contributed by atoms with Crippen LogP contribution in [0.4, 0.5) is 52.7 Å². The molecule has 2 N–H and O–H groups in total. The third-order valence-electron chi connectivity index (χ3n) is 5.16. The fourth-order valence-corrected chi connectivity index (χ4v) is 3.56. The van der Waals surface area contributed by atoms with Crippen molar-refractivity contribution in [3.63, 3.8) is 0 Å². The largest absolute Gasteiger partial charge is 0.462 e. The number of esters is 1. The highest BCUT2D eigenvalue weighted by molar-refractivity contribution is 5.69. The van der Waals surface area contributed by atoms with Crippen molar-refractivity contribution in [1.29, 1.82) is 0 Å². The second kappa shape index (κ2) is 8.15. The third kappa shape index (κ3) is 4.83. The van der Waals surface area contributed by atoms with Crippen LogP contribution >= 0.6 is 0 Å². The molecule has 0 aromatic rings. The predicted octanol–water partition coefficient (Wildman–Crippen LogP) is 4.44. The van der Waals surface area contributed by atoms with Gasteiger partial charge in [0.15, 0.2) is 0 Å². The summed E-state index contributed by atoms with van der Waals surface area (Å²) in [6.45, 7) is 1.09. The van der Waals surface area contributed by atoms with Crippen LogP contribution in [0.3, 0.4) is 0 Å². The van der Waals surface area contributed by atoms with Crippen molar-refractivity contribution in [2.45, 2.75) is 74.6 Å². The van der Waals surface area contributed by atoms with Gasteiger partial charge in [-0.3, -0.25) is 4.79 Å².